The summed E-state index contributed by atoms with van der Waals surface area (Å²) in [7, 11) is 0. The topological polar surface area (TPSA) is 15.8 Å². The molecule has 0 radical (unpaired) electrons. The highest BCUT2D eigenvalue weighted by molar-refractivity contribution is 5.83. The van der Waals surface area contributed by atoms with Crippen molar-refractivity contribution in [2.75, 3.05) is 0 Å². The second-order valence-electron chi connectivity index (χ2n) is 3.43. The second-order valence-corrected chi connectivity index (χ2v) is 3.43. The third kappa shape index (κ3) is 1.71. The van der Waals surface area contributed by atoms with Crippen molar-refractivity contribution in [3.05, 3.63) is 35.5 Å². The fourth-order valence-corrected chi connectivity index (χ4v) is 1.69. The summed E-state index contributed by atoms with van der Waals surface area (Å²) in [6.07, 6.45) is -2.03. The predicted octanol–water partition coefficient (Wildman–Crippen LogP) is 3.75. The summed E-state index contributed by atoms with van der Waals surface area (Å²) in [5.41, 5.74) is 0.918. The first kappa shape index (κ1) is 10.1. The zero-order valence-corrected chi connectivity index (χ0v) is 8.15. The van der Waals surface area contributed by atoms with E-state index in [0.717, 1.165) is 5.52 Å². The molecule has 1 nitrogen and oxygen atoms in total. The number of hydrogen-bond donors (Lipinski definition) is 1. The SMILES string of the molecule is CCc1cc(C(F)(F)F)cc2cc[nH]c12. The van der Waals surface area contributed by atoms with E-state index in [-0.39, 0.29) is 0 Å². The van der Waals surface area contributed by atoms with E-state index < -0.39 is 11.7 Å². The lowest BCUT2D eigenvalue weighted by atomic mass is 10.0. The summed E-state index contributed by atoms with van der Waals surface area (Å²) in [5.74, 6) is 0. The van der Waals surface area contributed by atoms with Crippen LogP contribution in [0.25, 0.3) is 10.9 Å². The molecule has 0 amide bonds. The van der Waals surface area contributed by atoms with Crippen molar-refractivity contribution in [3.63, 3.8) is 0 Å². The summed E-state index contributed by atoms with van der Waals surface area (Å²) in [6, 6.07) is 4.04. The Morgan fingerprint density at radius 1 is 1.27 bits per heavy atom. The molecule has 0 unspecified atom stereocenters. The lowest BCUT2D eigenvalue weighted by Gasteiger charge is -2.09. The Hall–Kier alpha value is -1.45. The maximum absolute atomic E-state index is 12.5. The molecule has 1 N–H and O–H groups in total. The molecule has 0 aliphatic heterocycles. The van der Waals surface area contributed by atoms with Gasteiger partial charge in [-0.2, -0.15) is 13.2 Å². The van der Waals surface area contributed by atoms with Gasteiger partial charge in [0, 0.05) is 17.1 Å². The standard InChI is InChI=1S/C11H10F3N/c1-2-7-5-9(11(12,13)14)6-8-3-4-15-10(7)8/h3-6,15H,2H2,1H3. The Balaban J connectivity index is 2.69. The van der Waals surface area contributed by atoms with Gasteiger partial charge in [-0.15, -0.1) is 0 Å². The van der Waals surface area contributed by atoms with Crippen LogP contribution >= 0.6 is 0 Å². The van der Waals surface area contributed by atoms with Gasteiger partial charge in [-0.3, -0.25) is 0 Å². The van der Waals surface area contributed by atoms with Crippen LogP contribution in [0.15, 0.2) is 24.4 Å². The molecule has 1 aromatic carbocycles. The van der Waals surface area contributed by atoms with E-state index in [2.05, 4.69) is 4.98 Å². The van der Waals surface area contributed by atoms with Gasteiger partial charge >= 0.3 is 6.18 Å². The molecule has 4 heteroatoms. The maximum atomic E-state index is 12.5. The van der Waals surface area contributed by atoms with Crippen LogP contribution in [0.2, 0.25) is 0 Å². The number of halogens is 3. The molecule has 0 fully saturated rings. The van der Waals surface area contributed by atoms with Crippen molar-refractivity contribution < 1.29 is 13.2 Å². The highest BCUT2D eigenvalue weighted by atomic mass is 19.4. The van der Waals surface area contributed by atoms with Crippen molar-refractivity contribution in [2.24, 2.45) is 0 Å². The lowest BCUT2D eigenvalue weighted by molar-refractivity contribution is -0.137. The third-order valence-electron chi connectivity index (χ3n) is 2.45. The molecule has 2 aromatic rings. The fraction of sp³-hybridized carbons (Fsp3) is 0.273. The van der Waals surface area contributed by atoms with Gasteiger partial charge in [-0.1, -0.05) is 6.92 Å². The monoisotopic (exact) mass is 213 g/mol. The number of nitrogens with one attached hydrogen (secondary N) is 1. The quantitative estimate of drug-likeness (QED) is 0.742. The zero-order chi connectivity index (χ0) is 11.1. The highest BCUT2D eigenvalue weighted by Crippen LogP contribution is 2.33. The van der Waals surface area contributed by atoms with Crippen LogP contribution in [-0.4, -0.2) is 4.98 Å². The first-order valence-corrected chi connectivity index (χ1v) is 4.69. The average Bonchev–Trinajstić information content (AvgIpc) is 2.62. The summed E-state index contributed by atoms with van der Waals surface area (Å²) in [6.45, 7) is 1.84. The molecule has 0 saturated heterocycles. The van der Waals surface area contributed by atoms with Gasteiger partial charge in [-0.05, 0) is 30.2 Å². The summed E-state index contributed by atoms with van der Waals surface area (Å²) in [4.78, 5) is 2.95. The van der Waals surface area contributed by atoms with Crippen molar-refractivity contribution in [1.29, 1.82) is 0 Å². The Bertz CT molecular complexity index is 482. The molecule has 0 atom stereocenters. The van der Waals surface area contributed by atoms with E-state index in [1.165, 1.54) is 12.1 Å². The molecule has 2 rings (SSSR count). The third-order valence-corrected chi connectivity index (χ3v) is 2.45. The van der Waals surface area contributed by atoms with E-state index in [1.807, 2.05) is 6.92 Å². The predicted molar refractivity (Wildman–Crippen MR) is 52.7 cm³/mol. The van der Waals surface area contributed by atoms with E-state index in [1.54, 1.807) is 12.3 Å². The number of fused-ring (bicyclic) bond motifs is 1. The Kier molecular flexibility index (Phi) is 2.21. The number of rotatable bonds is 1. The van der Waals surface area contributed by atoms with Gasteiger partial charge in [0.1, 0.15) is 0 Å². The molecule has 0 spiro atoms. The van der Waals surface area contributed by atoms with Crippen molar-refractivity contribution >= 4 is 10.9 Å². The van der Waals surface area contributed by atoms with Crippen molar-refractivity contribution in [3.8, 4) is 0 Å². The minimum atomic E-state index is -4.27. The Morgan fingerprint density at radius 3 is 2.60 bits per heavy atom. The number of aryl methyl sites for hydroxylation is 1. The van der Waals surface area contributed by atoms with Crippen LogP contribution in [0.3, 0.4) is 0 Å². The van der Waals surface area contributed by atoms with Crippen LogP contribution in [-0.2, 0) is 12.6 Å². The molecule has 0 aliphatic rings. The van der Waals surface area contributed by atoms with Gasteiger partial charge < -0.3 is 4.98 Å². The molecular weight excluding hydrogens is 203 g/mol. The van der Waals surface area contributed by atoms with Gasteiger partial charge in [-0.25, -0.2) is 0 Å². The molecule has 0 bridgehead atoms. The summed E-state index contributed by atoms with van der Waals surface area (Å²) >= 11 is 0. The molecule has 0 aliphatic carbocycles. The molecule has 80 valence electrons. The second kappa shape index (κ2) is 3.29. The van der Waals surface area contributed by atoms with Crippen LogP contribution in [0.5, 0.6) is 0 Å². The number of aromatic amines is 1. The largest absolute Gasteiger partial charge is 0.416 e. The van der Waals surface area contributed by atoms with Gasteiger partial charge in [0.25, 0.3) is 0 Å². The minimum Gasteiger partial charge on any atom is -0.361 e. The average molecular weight is 213 g/mol. The van der Waals surface area contributed by atoms with E-state index in [9.17, 15) is 13.2 Å². The van der Waals surface area contributed by atoms with Crippen LogP contribution in [0.1, 0.15) is 18.1 Å². The van der Waals surface area contributed by atoms with Crippen LogP contribution in [0.4, 0.5) is 13.2 Å². The molecule has 0 saturated carbocycles. The Morgan fingerprint density at radius 2 is 2.00 bits per heavy atom. The lowest BCUT2D eigenvalue weighted by Crippen LogP contribution is -2.05. The zero-order valence-electron chi connectivity index (χ0n) is 8.15. The maximum Gasteiger partial charge on any atom is 0.416 e. The molecule has 1 aromatic heterocycles. The number of alkyl halides is 3. The minimum absolute atomic E-state index is 0.577. The molecule has 15 heavy (non-hydrogen) atoms. The molecular formula is C11H10F3N. The fourth-order valence-electron chi connectivity index (χ4n) is 1.69. The van der Waals surface area contributed by atoms with Crippen molar-refractivity contribution in [1.82, 2.24) is 4.98 Å². The van der Waals surface area contributed by atoms with Crippen molar-refractivity contribution in [2.45, 2.75) is 19.5 Å². The summed E-state index contributed by atoms with van der Waals surface area (Å²) < 4.78 is 37.6. The van der Waals surface area contributed by atoms with Crippen LogP contribution < -0.4 is 0 Å². The molecule has 1 heterocycles. The number of hydrogen-bond acceptors (Lipinski definition) is 0. The smallest absolute Gasteiger partial charge is 0.361 e. The first-order valence-electron chi connectivity index (χ1n) is 4.69. The van der Waals surface area contributed by atoms with E-state index in [4.69, 9.17) is 0 Å². The van der Waals surface area contributed by atoms with Gasteiger partial charge in [0.05, 0.1) is 5.56 Å². The van der Waals surface area contributed by atoms with E-state index in [0.29, 0.717) is 17.4 Å². The number of H-pyrrole nitrogens is 1. The number of aromatic nitrogens is 1. The van der Waals surface area contributed by atoms with E-state index >= 15 is 0 Å². The normalized spacial score (nSPS) is 12.3. The van der Waals surface area contributed by atoms with Crippen LogP contribution in [0, 0.1) is 0 Å². The summed E-state index contributed by atoms with van der Waals surface area (Å²) in [5, 5.41) is 0.613. The van der Waals surface area contributed by atoms with Gasteiger partial charge in [0.15, 0.2) is 0 Å². The van der Waals surface area contributed by atoms with Gasteiger partial charge in [0.2, 0.25) is 0 Å². The first-order chi connectivity index (χ1) is 7.02. The highest BCUT2D eigenvalue weighted by Gasteiger charge is 2.31. The Labute approximate surface area is 84.9 Å². The number of benzene rings is 1.